The molecule has 2 N–H and O–H groups in total. The summed E-state index contributed by atoms with van der Waals surface area (Å²) in [6.07, 6.45) is 0. The van der Waals surface area contributed by atoms with Crippen LogP contribution in [0.4, 0.5) is 5.69 Å². The van der Waals surface area contributed by atoms with Crippen LogP contribution in [0.1, 0.15) is 0 Å². The molecule has 0 amide bonds. The Kier molecular flexibility index (Phi) is 2.65. The molecule has 2 rings (SSSR count). The van der Waals surface area contributed by atoms with Gasteiger partial charge >= 0.3 is 0 Å². The number of hydrogen-bond acceptors (Lipinski definition) is 2. The Morgan fingerprint density at radius 2 is 1.79 bits per heavy atom. The zero-order valence-corrected chi connectivity index (χ0v) is 8.25. The molecule has 72 valence electrons. The molecule has 0 saturated heterocycles. The molecule has 0 aliphatic rings. The van der Waals surface area contributed by atoms with Crippen molar-refractivity contribution in [2.45, 2.75) is 0 Å². The lowest BCUT2D eigenvalue weighted by Crippen LogP contribution is -2.16. The molecule has 2 nitrogen and oxygen atoms in total. The van der Waals surface area contributed by atoms with E-state index in [1.807, 2.05) is 7.05 Å². The van der Waals surface area contributed by atoms with Crippen LogP contribution < -0.4 is 10.6 Å². The molecule has 0 aromatic heterocycles. The first-order valence-electron chi connectivity index (χ1n) is 4.78. The highest BCUT2D eigenvalue weighted by Crippen LogP contribution is 2.22. The highest BCUT2D eigenvalue weighted by Gasteiger charge is 1.97. The maximum absolute atomic E-state index is 3.33. The maximum Gasteiger partial charge on any atom is 0.0650 e. The lowest BCUT2D eigenvalue weighted by atomic mass is 10.1. The second-order valence-corrected chi connectivity index (χ2v) is 3.23. The summed E-state index contributed by atoms with van der Waals surface area (Å²) in [6.45, 7) is 0.786. The van der Waals surface area contributed by atoms with Crippen LogP contribution in [0.3, 0.4) is 0 Å². The van der Waals surface area contributed by atoms with Crippen LogP contribution in [0.5, 0.6) is 0 Å². The Balaban J connectivity index is 2.43. The number of nitrogens with one attached hydrogen (secondary N) is 2. The molecular formula is C12H14N2. The van der Waals surface area contributed by atoms with Crippen LogP contribution in [0.25, 0.3) is 10.8 Å². The predicted molar refractivity (Wildman–Crippen MR) is 61.5 cm³/mol. The van der Waals surface area contributed by atoms with Gasteiger partial charge in [-0.15, -0.1) is 0 Å². The minimum Gasteiger partial charge on any atom is -0.372 e. The summed E-state index contributed by atoms with van der Waals surface area (Å²) in [5.74, 6) is 0. The van der Waals surface area contributed by atoms with Gasteiger partial charge in [-0.2, -0.15) is 0 Å². The molecule has 0 spiro atoms. The van der Waals surface area contributed by atoms with E-state index in [9.17, 15) is 0 Å². The van der Waals surface area contributed by atoms with Crippen molar-refractivity contribution in [3.05, 3.63) is 42.5 Å². The summed E-state index contributed by atoms with van der Waals surface area (Å²) in [4.78, 5) is 0. The van der Waals surface area contributed by atoms with Gasteiger partial charge < -0.3 is 10.6 Å². The molecule has 0 heterocycles. The summed E-state index contributed by atoms with van der Waals surface area (Å²) in [6, 6.07) is 14.7. The van der Waals surface area contributed by atoms with E-state index in [0.29, 0.717) is 0 Å². The van der Waals surface area contributed by atoms with E-state index >= 15 is 0 Å². The molecule has 0 atom stereocenters. The third-order valence-electron chi connectivity index (χ3n) is 2.25. The number of hydrogen-bond donors (Lipinski definition) is 2. The summed E-state index contributed by atoms with van der Waals surface area (Å²) in [7, 11) is 1.93. The van der Waals surface area contributed by atoms with Crippen LogP contribution in [-0.4, -0.2) is 13.7 Å². The third-order valence-corrected chi connectivity index (χ3v) is 2.25. The average Bonchev–Trinajstić information content (AvgIpc) is 2.26. The molecule has 2 aromatic rings. The highest BCUT2D eigenvalue weighted by atomic mass is 15.0. The van der Waals surface area contributed by atoms with Crippen molar-refractivity contribution in [2.24, 2.45) is 0 Å². The van der Waals surface area contributed by atoms with E-state index in [1.165, 1.54) is 16.5 Å². The van der Waals surface area contributed by atoms with Gasteiger partial charge in [0.05, 0.1) is 6.67 Å². The van der Waals surface area contributed by atoms with Crippen LogP contribution in [-0.2, 0) is 0 Å². The van der Waals surface area contributed by atoms with Gasteiger partial charge in [-0.25, -0.2) is 0 Å². The van der Waals surface area contributed by atoms with Crippen molar-refractivity contribution in [1.82, 2.24) is 5.32 Å². The fourth-order valence-corrected chi connectivity index (χ4v) is 1.56. The van der Waals surface area contributed by atoms with E-state index in [1.54, 1.807) is 0 Å². The van der Waals surface area contributed by atoms with E-state index in [-0.39, 0.29) is 0 Å². The van der Waals surface area contributed by atoms with Crippen molar-refractivity contribution in [3.63, 3.8) is 0 Å². The fraction of sp³-hybridized carbons (Fsp3) is 0.167. The van der Waals surface area contributed by atoms with Crippen molar-refractivity contribution >= 4 is 16.5 Å². The van der Waals surface area contributed by atoms with Crippen LogP contribution in [0.2, 0.25) is 0 Å². The number of fused-ring (bicyclic) bond motifs is 1. The van der Waals surface area contributed by atoms with Gasteiger partial charge in [0.25, 0.3) is 0 Å². The van der Waals surface area contributed by atoms with Crippen molar-refractivity contribution in [3.8, 4) is 0 Å². The molecule has 2 aromatic carbocycles. The van der Waals surface area contributed by atoms with Crippen LogP contribution in [0, 0.1) is 0 Å². The van der Waals surface area contributed by atoms with Crippen LogP contribution in [0.15, 0.2) is 42.5 Å². The molecule has 0 unspecified atom stereocenters. The minimum absolute atomic E-state index is 0.786. The zero-order valence-electron chi connectivity index (χ0n) is 8.25. The Labute approximate surface area is 83.9 Å². The largest absolute Gasteiger partial charge is 0.372 e. The lowest BCUT2D eigenvalue weighted by molar-refractivity contribution is 0.876. The van der Waals surface area contributed by atoms with Crippen molar-refractivity contribution < 1.29 is 0 Å². The Hall–Kier alpha value is -1.54. The fourth-order valence-electron chi connectivity index (χ4n) is 1.56. The Morgan fingerprint density at radius 3 is 2.64 bits per heavy atom. The number of anilines is 1. The van der Waals surface area contributed by atoms with E-state index in [0.717, 1.165) is 6.67 Å². The van der Waals surface area contributed by atoms with Crippen molar-refractivity contribution in [1.29, 1.82) is 0 Å². The second-order valence-electron chi connectivity index (χ2n) is 3.23. The monoisotopic (exact) mass is 186 g/mol. The minimum atomic E-state index is 0.786. The van der Waals surface area contributed by atoms with Crippen molar-refractivity contribution in [2.75, 3.05) is 19.0 Å². The van der Waals surface area contributed by atoms with Gasteiger partial charge in [0.1, 0.15) is 0 Å². The van der Waals surface area contributed by atoms with Gasteiger partial charge in [0.2, 0.25) is 0 Å². The van der Waals surface area contributed by atoms with E-state index in [4.69, 9.17) is 0 Å². The molecule has 0 radical (unpaired) electrons. The lowest BCUT2D eigenvalue weighted by Gasteiger charge is -2.08. The summed E-state index contributed by atoms with van der Waals surface area (Å²) in [5, 5.41) is 8.94. The van der Waals surface area contributed by atoms with E-state index in [2.05, 4.69) is 53.1 Å². The molecular weight excluding hydrogens is 172 g/mol. The molecule has 2 heteroatoms. The summed E-state index contributed by atoms with van der Waals surface area (Å²) < 4.78 is 0. The van der Waals surface area contributed by atoms with E-state index < -0.39 is 0 Å². The predicted octanol–water partition coefficient (Wildman–Crippen LogP) is 2.43. The maximum atomic E-state index is 3.33. The topological polar surface area (TPSA) is 24.1 Å². The summed E-state index contributed by atoms with van der Waals surface area (Å²) >= 11 is 0. The second kappa shape index (κ2) is 4.11. The Bertz CT molecular complexity index is 418. The number of rotatable bonds is 3. The molecule has 0 saturated carbocycles. The standard InChI is InChI=1S/C12H14N2/c1-13-9-14-12-8-4-6-10-5-2-3-7-11(10)12/h2-8,13-14H,9H2,1H3. The average molecular weight is 186 g/mol. The quantitative estimate of drug-likeness (QED) is 0.719. The zero-order chi connectivity index (χ0) is 9.80. The Morgan fingerprint density at radius 1 is 1.00 bits per heavy atom. The highest BCUT2D eigenvalue weighted by molar-refractivity contribution is 5.93. The smallest absolute Gasteiger partial charge is 0.0650 e. The molecule has 0 aliphatic heterocycles. The first kappa shape index (κ1) is 9.03. The van der Waals surface area contributed by atoms with Gasteiger partial charge in [0, 0.05) is 11.1 Å². The van der Waals surface area contributed by atoms with Gasteiger partial charge in [-0.05, 0) is 18.5 Å². The normalized spacial score (nSPS) is 10.4. The number of benzene rings is 2. The first-order valence-corrected chi connectivity index (χ1v) is 4.78. The first-order chi connectivity index (χ1) is 6.92. The van der Waals surface area contributed by atoms with Crippen LogP contribution >= 0.6 is 0 Å². The van der Waals surface area contributed by atoms with Gasteiger partial charge in [-0.3, -0.25) is 0 Å². The summed E-state index contributed by atoms with van der Waals surface area (Å²) in [5.41, 5.74) is 1.18. The van der Waals surface area contributed by atoms with Gasteiger partial charge in [-0.1, -0.05) is 36.4 Å². The molecule has 0 bridgehead atoms. The molecule has 14 heavy (non-hydrogen) atoms. The molecule has 0 aliphatic carbocycles. The third kappa shape index (κ3) is 1.70. The SMILES string of the molecule is CNCNc1cccc2ccccc12. The molecule has 0 fully saturated rings. The van der Waals surface area contributed by atoms with Gasteiger partial charge in [0.15, 0.2) is 0 Å².